The van der Waals surface area contributed by atoms with Crippen LogP contribution in [0, 0.1) is 11.8 Å². The SMILES string of the molecule is CNC(=O)c1ccc(N)c(N2CC3CCCC3C2)c1. The Hall–Kier alpha value is -1.71. The molecule has 0 bridgehead atoms. The van der Waals surface area contributed by atoms with Crippen molar-refractivity contribution in [1.29, 1.82) is 0 Å². The van der Waals surface area contributed by atoms with Crippen LogP contribution in [0.2, 0.25) is 0 Å². The Labute approximate surface area is 114 Å². The van der Waals surface area contributed by atoms with Crippen molar-refractivity contribution in [2.24, 2.45) is 11.8 Å². The number of carbonyl (C=O) groups excluding carboxylic acids is 1. The van der Waals surface area contributed by atoms with Gasteiger partial charge in [-0.3, -0.25) is 4.79 Å². The summed E-state index contributed by atoms with van der Waals surface area (Å²) in [5.74, 6) is 1.59. The number of nitrogens with one attached hydrogen (secondary N) is 1. The third-order valence-corrected chi connectivity index (χ3v) is 4.59. The van der Waals surface area contributed by atoms with Gasteiger partial charge < -0.3 is 16.0 Å². The van der Waals surface area contributed by atoms with Crippen molar-refractivity contribution >= 4 is 17.3 Å². The highest BCUT2D eigenvalue weighted by Crippen LogP contribution is 2.41. The van der Waals surface area contributed by atoms with Crippen LogP contribution in [0.4, 0.5) is 11.4 Å². The number of amides is 1. The van der Waals surface area contributed by atoms with Gasteiger partial charge in [0, 0.05) is 25.7 Å². The van der Waals surface area contributed by atoms with Gasteiger partial charge in [0.1, 0.15) is 0 Å². The molecule has 2 atom stereocenters. The molecule has 1 amide bonds. The van der Waals surface area contributed by atoms with Crippen LogP contribution < -0.4 is 16.0 Å². The number of nitrogens with zero attached hydrogens (tertiary/aromatic N) is 1. The summed E-state index contributed by atoms with van der Waals surface area (Å²) < 4.78 is 0. The molecule has 1 heterocycles. The summed E-state index contributed by atoms with van der Waals surface area (Å²) in [7, 11) is 1.65. The van der Waals surface area contributed by atoms with E-state index in [2.05, 4.69) is 10.2 Å². The maximum atomic E-state index is 11.7. The maximum Gasteiger partial charge on any atom is 0.251 e. The average molecular weight is 259 g/mol. The lowest BCUT2D eigenvalue weighted by Gasteiger charge is -2.22. The Morgan fingerprint density at radius 2 is 2.00 bits per heavy atom. The van der Waals surface area contributed by atoms with Gasteiger partial charge in [-0.05, 0) is 42.9 Å². The van der Waals surface area contributed by atoms with Gasteiger partial charge in [-0.2, -0.15) is 0 Å². The number of nitrogens with two attached hydrogens (primary N) is 1. The molecule has 2 fully saturated rings. The molecule has 1 saturated heterocycles. The summed E-state index contributed by atoms with van der Waals surface area (Å²) >= 11 is 0. The molecule has 1 saturated carbocycles. The van der Waals surface area contributed by atoms with Crippen LogP contribution in [-0.4, -0.2) is 26.0 Å². The predicted octanol–water partition coefficient (Wildman–Crippen LogP) is 1.86. The number of fused-ring (bicyclic) bond motifs is 1. The van der Waals surface area contributed by atoms with Crippen LogP contribution in [0.3, 0.4) is 0 Å². The molecule has 1 aliphatic carbocycles. The molecule has 19 heavy (non-hydrogen) atoms. The van der Waals surface area contributed by atoms with E-state index in [4.69, 9.17) is 5.73 Å². The molecular weight excluding hydrogens is 238 g/mol. The Morgan fingerprint density at radius 3 is 2.63 bits per heavy atom. The van der Waals surface area contributed by atoms with E-state index in [0.717, 1.165) is 36.3 Å². The zero-order valence-electron chi connectivity index (χ0n) is 11.4. The molecule has 3 rings (SSSR count). The van der Waals surface area contributed by atoms with Crippen LogP contribution >= 0.6 is 0 Å². The van der Waals surface area contributed by atoms with Crippen molar-refractivity contribution in [2.75, 3.05) is 30.8 Å². The molecule has 0 radical (unpaired) electrons. The van der Waals surface area contributed by atoms with Gasteiger partial charge in [0.05, 0.1) is 11.4 Å². The molecule has 1 aliphatic heterocycles. The second-order valence-electron chi connectivity index (χ2n) is 5.71. The first-order valence-corrected chi connectivity index (χ1v) is 7.05. The van der Waals surface area contributed by atoms with Crippen molar-refractivity contribution in [1.82, 2.24) is 5.32 Å². The minimum atomic E-state index is -0.0550. The standard InChI is InChI=1S/C15H21N3O/c1-17-15(19)10-5-6-13(16)14(7-10)18-8-11-3-2-4-12(11)9-18/h5-7,11-12H,2-4,8-9,16H2,1H3,(H,17,19). The molecule has 0 aromatic heterocycles. The summed E-state index contributed by atoms with van der Waals surface area (Å²) in [5, 5.41) is 2.66. The average Bonchev–Trinajstić information content (AvgIpc) is 2.99. The van der Waals surface area contributed by atoms with Gasteiger partial charge in [-0.15, -0.1) is 0 Å². The number of rotatable bonds is 2. The maximum absolute atomic E-state index is 11.7. The highest BCUT2D eigenvalue weighted by molar-refractivity contribution is 5.96. The van der Waals surface area contributed by atoms with E-state index in [1.54, 1.807) is 13.1 Å². The first-order valence-electron chi connectivity index (χ1n) is 7.05. The summed E-state index contributed by atoms with van der Waals surface area (Å²) in [6, 6.07) is 5.55. The largest absolute Gasteiger partial charge is 0.397 e. The molecule has 3 N–H and O–H groups in total. The third-order valence-electron chi connectivity index (χ3n) is 4.59. The van der Waals surface area contributed by atoms with Gasteiger partial charge in [0.25, 0.3) is 5.91 Å². The topological polar surface area (TPSA) is 58.4 Å². The Balaban J connectivity index is 1.86. The summed E-state index contributed by atoms with van der Waals surface area (Å²) in [5.41, 5.74) is 8.57. The molecule has 0 spiro atoms. The van der Waals surface area contributed by atoms with E-state index in [-0.39, 0.29) is 5.91 Å². The zero-order valence-corrected chi connectivity index (χ0v) is 11.4. The number of carbonyl (C=O) groups is 1. The van der Waals surface area contributed by atoms with E-state index in [1.165, 1.54) is 19.3 Å². The number of hydrogen-bond acceptors (Lipinski definition) is 3. The van der Waals surface area contributed by atoms with Crippen LogP contribution in [0.1, 0.15) is 29.6 Å². The Kier molecular flexibility index (Phi) is 3.09. The van der Waals surface area contributed by atoms with Gasteiger partial charge in [-0.25, -0.2) is 0 Å². The van der Waals surface area contributed by atoms with Gasteiger partial charge in [0.15, 0.2) is 0 Å². The monoisotopic (exact) mass is 259 g/mol. The first kappa shape index (κ1) is 12.3. The fraction of sp³-hybridized carbons (Fsp3) is 0.533. The van der Waals surface area contributed by atoms with Gasteiger partial charge in [-0.1, -0.05) is 6.42 Å². The van der Waals surface area contributed by atoms with Crippen LogP contribution in [0.15, 0.2) is 18.2 Å². The normalized spacial score (nSPS) is 25.4. The van der Waals surface area contributed by atoms with E-state index in [1.807, 2.05) is 12.1 Å². The van der Waals surface area contributed by atoms with E-state index in [0.29, 0.717) is 5.56 Å². The smallest absolute Gasteiger partial charge is 0.251 e. The van der Waals surface area contributed by atoms with Gasteiger partial charge >= 0.3 is 0 Å². The number of anilines is 2. The number of hydrogen-bond donors (Lipinski definition) is 2. The lowest BCUT2D eigenvalue weighted by Crippen LogP contribution is -2.23. The zero-order chi connectivity index (χ0) is 13.4. The van der Waals surface area contributed by atoms with Crippen molar-refractivity contribution in [3.8, 4) is 0 Å². The molecule has 1 aromatic rings. The van der Waals surface area contributed by atoms with Crippen LogP contribution in [0.25, 0.3) is 0 Å². The predicted molar refractivity (Wildman–Crippen MR) is 77.3 cm³/mol. The third kappa shape index (κ3) is 2.15. The molecule has 1 aromatic carbocycles. The van der Waals surface area contributed by atoms with Crippen LogP contribution in [0.5, 0.6) is 0 Å². The van der Waals surface area contributed by atoms with E-state index < -0.39 is 0 Å². The van der Waals surface area contributed by atoms with E-state index >= 15 is 0 Å². The molecule has 2 aliphatic rings. The lowest BCUT2D eigenvalue weighted by molar-refractivity contribution is 0.0963. The fourth-order valence-corrected chi connectivity index (χ4v) is 3.53. The minimum absolute atomic E-state index is 0.0550. The second-order valence-corrected chi connectivity index (χ2v) is 5.71. The Morgan fingerprint density at radius 1 is 1.32 bits per heavy atom. The lowest BCUT2D eigenvalue weighted by atomic mass is 10.0. The van der Waals surface area contributed by atoms with Crippen molar-refractivity contribution in [3.05, 3.63) is 23.8 Å². The molecule has 2 unspecified atom stereocenters. The highest BCUT2D eigenvalue weighted by atomic mass is 16.1. The fourth-order valence-electron chi connectivity index (χ4n) is 3.53. The summed E-state index contributed by atoms with van der Waals surface area (Å²) in [4.78, 5) is 14.1. The van der Waals surface area contributed by atoms with Crippen LogP contribution in [-0.2, 0) is 0 Å². The number of nitrogen functional groups attached to an aromatic ring is 1. The van der Waals surface area contributed by atoms with Crippen molar-refractivity contribution in [2.45, 2.75) is 19.3 Å². The van der Waals surface area contributed by atoms with Crippen molar-refractivity contribution < 1.29 is 4.79 Å². The Bertz CT molecular complexity index is 488. The van der Waals surface area contributed by atoms with E-state index in [9.17, 15) is 4.79 Å². The molecule has 4 nitrogen and oxygen atoms in total. The van der Waals surface area contributed by atoms with Gasteiger partial charge in [0.2, 0.25) is 0 Å². The summed E-state index contributed by atoms with van der Waals surface area (Å²) in [6.45, 7) is 2.18. The quantitative estimate of drug-likeness (QED) is 0.797. The minimum Gasteiger partial charge on any atom is -0.397 e. The second kappa shape index (κ2) is 4.76. The molecule has 4 heteroatoms. The summed E-state index contributed by atoms with van der Waals surface area (Å²) in [6.07, 6.45) is 4.06. The number of benzene rings is 1. The molecule has 102 valence electrons. The molecular formula is C15H21N3O. The first-order chi connectivity index (χ1) is 9.19. The highest BCUT2D eigenvalue weighted by Gasteiger charge is 2.36. The van der Waals surface area contributed by atoms with Crippen molar-refractivity contribution in [3.63, 3.8) is 0 Å².